The Bertz CT molecular complexity index is 1010. The number of nitrogens with one attached hydrogen (secondary N) is 1. The van der Waals surface area contributed by atoms with Crippen molar-refractivity contribution in [2.45, 2.75) is 39.4 Å². The number of rotatable bonds is 4. The number of hydrogen-bond donors (Lipinski definition) is 1. The molecule has 5 heteroatoms. The topological polar surface area (TPSA) is 49.6 Å². The molecule has 2 aromatic rings. The van der Waals surface area contributed by atoms with Gasteiger partial charge in [0.1, 0.15) is 0 Å². The Labute approximate surface area is 159 Å². The van der Waals surface area contributed by atoms with Crippen LogP contribution in [0.25, 0.3) is 5.70 Å². The summed E-state index contributed by atoms with van der Waals surface area (Å²) in [6.07, 6.45) is 5.84. The van der Waals surface area contributed by atoms with Crippen molar-refractivity contribution in [3.8, 4) is 0 Å². The largest absolute Gasteiger partial charge is 0.378 e. The molecular weight excluding hydrogens is 336 g/mol. The van der Waals surface area contributed by atoms with Crippen LogP contribution in [0.5, 0.6) is 0 Å². The normalized spacial score (nSPS) is 21.3. The van der Waals surface area contributed by atoms with Crippen LogP contribution in [0.15, 0.2) is 76.4 Å². The summed E-state index contributed by atoms with van der Waals surface area (Å²) in [5.41, 5.74) is 4.25. The third kappa shape index (κ3) is 3.21. The summed E-state index contributed by atoms with van der Waals surface area (Å²) in [6.45, 7) is 7.11. The van der Waals surface area contributed by atoms with Crippen LogP contribution in [0.2, 0.25) is 0 Å². The van der Waals surface area contributed by atoms with E-state index in [0.717, 1.165) is 17.2 Å². The molecule has 27 heavy (non-hydrogen) atoms. The second kappa shape index (κ2) is 6.91. The molecule has 0 saturated carbocycles. The zero-order valence-electron chi connectivity index (χ0n) is 15.9. The van der Waals surface area contributed by atoms with Gasteiger partial charge in [-0.2, -0.15) is 0 Å². The van der Waals surface area contributed by atoms with Gasteiger partial charge in [0.25, 0.3) is 5.56 Å². The molecule has 4 rings (SSSR count). The Morgan fingerprint density at radius 1 is 1.11 bits per heavy atom. The van der Waals surface area contributed by atoms with Crippen molar-refractivity contribution in [1.82, 2.24) is 14.8 Å². The fraction of sp³-hybridized carbons (Fsp3) is 0.273. The molecule has 0 radical (unpaired) electrons. The molecule has 1 aromatic heterocycles. The number of nitrogens with zero attached hydrogens (tertiary/aromatic N) is 3. The van der Waals surface area contributed by atoms with E-state index in [-0.39, 0.29) is 17.6 Å². The zero-order chi connectivity index (χ0) is 19.0. The van der Waals surface area contributed by atoms with Crippen molar-refractivity contribution in [2.24, 2.45) is 4.99 Å². The minimum atomic E-state index is -0.0430. The minimum absolute atomic E-state index is 0.0430. The number of aryl methyl sites for hydroxylation is 1. The Hall–Kier alpha value is -3.08. The predicted molar refractivity (Wildman–Crippen MR) is 109 cm³/mol. The highest BCUT2D eigenvalue weighted by atomic mass is 16.1. The van der Waals surface area contributed by atoms with Gasteiger partial charge >= 0.3 is 0 Å². The average Bonchev–Trinajstić information content (AvgIpc) is 2.96. The third-order valence-corrected chi connectivity index (χ3v) is 5.34. The maximum atomic E-state index is 12.3. The molecule has 1 N–H and O–H groups in total. The van der Waals surface area contributed by atoms with Crippen LogP contribution >= 0.6 is 0 Å². The molecule has 3 heterocycles. The molecule has 2 unspecified atom stereocenters. The summed E-state index contributed by atoms with van der Waals surface area (Å²) in [7, 11) is 0. The number of allylic oxidation sites excluding steroid dienone is 2. The molecule has 2 aliphatic rings. The van der Waals surface area contributed by atoms with Crippen LogP contribution < -0.4 is 10.9 Å². The van der Waals surface area contributed by atoms with Crippen LogP contribution in [0, 0.1) is 6.92 Å². The average molecular weight is 360 g/mol. The van der Waals surface area contributed by atoms with Crippen molar-refractivity contribution in [3.05, 3.63) is 88.1 Å². The van der Waals surface area contributed by atoms with Gasteiger partial charge in [-0.1, -0.05) is 30.3 Å². The Kier molecular flexibility index (Phi) is 4.44. The highest BCUT2D eigenvalue weighted by Gasteiger charge is 2.33. The van der Waals surface area contributed by atoms with Gasteiger partial charge in [0, 0.05) is 25.0 Å². The molecule has 0 aliphatic carbocycles. The highest BCUT2D eigenvalue weighted by Crippen LogP contribution is 2.27. The first-order valence-corrected chi connectivity index (χ1v) is 9.31. The van der Waals surface area contributed by atoms with E-state index in [4.69, 9.17) is 4.99 Å². The lowest BCUT2D eigenvalue weighted by atomic mass is 10.1. The van der Waals surface area contributed by atoms with E-state index < -0.39 is 0 Å². The SMILES string of the molecule is Cc1ccccc1CNC1=CC(n2ccccc2=O)=CN2C1=NC(C)C2C. The number of aliphatic imine (C=N–C) groups is 1. The van der Waals surface area contributed by atoms with Gasteiger partial charge in [0.2, 0.25) is 0 Å². The molecule has 1 aromatic carbocycles. The molecule has 0 spiro atoms. The van der Waals surface area contributed by atoms with Crippen LogP contribution in [-0.4, -0.2) is 27.4 Å². The van der Waals surface area contributed by atoms with E-state index in [9.17, 15) is 4.79 Å². The number of benzene rings is 1. The van der Waals surface area contributed by atoms with E-state index in [1.54, 1.807) is 22.9 Å². The van der Waals surface area contributed by atoms with Gasteiger partial charge in [-0.15, -0.1) is 0 Å². The van der Waals surface area contributed by atoms with Gasteiger partial charge in [-0.3, -0.25) is 14.4 Å². The maximum absolute atomic E-state index is 12.3. The van der Waals surface area contributed by atoms with E-state index in [2.05, 4.69) is 49.2 Å². The summed E-state index contributed by atoms with van der Waals surface area (Å²) in [4.78, 5) is 19.3. The van der Waals surface area contributed by atoms with Crippen molar-refractivity contribution in [1.29, 1.82) is 0 Å². The molecule has 2 aliphatic heterocycles. The number of amidine groups is 1. The third-order valence-electron chi connectivity index (χ3n) is 5.34. The minimum Gasteiger partial charge on any atom is -0.378 e. The lowest BCUT2D eigenvalue weighted by Gasteiger charge is -2.29. The van der Waals surface area contributed by atoms with Crippen molar-refractivity contribution < 1.29 is 0 Å². The van der Waals surface area contributed by atoms with Gasteiger partial charge in [-0.25, -0.2) is 0 Å². The molecule has 0 fully saturated rings. The highest BCUT2D eigenvalue weighted by molar-refractivity contribution is 6.03. The smallest absolute Gasteiger partial charge is 0.255 e. The second-order valence-corrected chi connectivity index (χ2v) is 7.14. The van der Waals surface area contributed by atoms with Crippen molar-refractivity contribution >= 4 is 11.5 Å². The van der Waals surface area contributed by atoms with Crippen molar-refractivity contribution in [2.75, 3.05) is 0 Å². The number of hydrogen-bond acceptors (Lipinski definition) is 4. The van der Waals surface area contributed by atoms with Gasteiger partial charge in [0.15, 0.2) is 5.84 Å². The van der Waals surface area contributed by atoms with Gasteiger partial charge in [-0.05, 0) is 44.0 Å². The standard InChI is InChI=1S/C22H24N4O/c1-15-8-4-5-9-18(15)13-23-20-12-19(25-11-7-6-10-21(25)27)14-26-17(3)16(2)24-22(20)26/h4-12,14,16-17,23H,13H2,1-3H3. The van der Waals surface area contributed by atoms with Crippen molar-refractivity contribution in [3.63, 3.8) is 0 Å². The fourth-order valence-corrected chi connectivity index (χ4v) is 3.47. The predicted octanol–water partition coefficient (Wildman–Crippen LogP) is 3.13. The first-order chi connectivity index (χ1) is 13.0. The van der Waals surface area contributed by atoms with E-state index in [1.807, 2.05) is 24.4 Å². The number of aromatic nitrogens is 1. The Morgan fingerprint density at radius 2 is 1.89 bits per heavy atom. The first-order valence-electron chi connectivity index (χ1n) is 9.31. The molecule has 5 nitrogen and oxygen atoms in total. The maximum Gasteiger partial charge on any atom is 0.255 e. The molecule has 0 amide bonds. The van der Waals surface area contributed by atoms with Gasteiger partial charge in [0.05, 0.1) is 23.5 Å². The van der Waals surface area contributed by atoms with Crippen LogP contribution in [0.1, 0.15) is 25.0 Å². The van der Waals surface area contributed by atoms with Crippen LogP contribution in [-0.2, 0) is 6.54 Å². The summed E-state index contributed by atoms with van der Waals surface area (Å²) < 4.78 is 1.67. The monoisotopic (exact) mass is 360 g/mol. The molecular formula is C22H24N4O. The lowest BCUT2D eigenvalue weighted by Crippen LogP contribution is -2.39. The molecule has 138 valence electrons. The van der Waals surface area contributed by atoms with Crippen LogP contribution in [0.3, 0.4) is 0 Å². The number of fused-ring (bicyclic) bond motifs is 1. The van der Waals surface area contributed by atoms with E-state index in [1.165, 1.54) is 11.1 Å². The number of pyridine rings is 1. The lowest BCUT2D eigenvalue weighted by molar-refractivity contribution is 0.418. The Morgan fingerprint density at radius 3 is 2.67 bits per heavy atom. The fourth-order valence-electron chi connectivity index (χ4n) is 3.47. The second-order valence-electron chi connectivity index (χ2n) is 7.14. The first kappa shape index (κ1) is 17.3. The summed E-state index contributed by atoms with van der Waals surface area (Å²) in [6, 6.07) is 14.0. The quantitative estimate of drug-likeness (QED) is 0.911. The Balaban J connectivity index is 1.70. The molecule has 0 saturated heterocycles. The summed E-state index contributed by atoms with van der Waals surface area (Å²) in [5.74, 6) is 0.941. The summed E-state index contributed by atoms with van der Waals surface area (Å²) in [5, 5.41) is 3.54. The summed E-state index contributed by atoms with van der Waals surface area (Å²) >= 11 is 0. The zero-order valence-corrected chi connectivity index (χ0v) is 15.9. The van der Waals surface area contributed by atoms with E-state index >= 15 is 0 Å². The van der Waals surface area contributed by atoms with Crippen LogP contribution in [0.4, 0.5) is 0 Å². The molecule has 0 bridgehead atoms. The molecule has 2 atom stereocenters. The van der Waals surface area contributed by atoms with Gasteiger partial charge < -0.3 is 10.2 Å². The van der Waals surface area contributed by atoms with E-state index in [0.29, 0.717) is 6.54 Å².